The number of carbonyl (C=O) groups is 1. The zero-order valence-corrected chi connectivity index (χ0v) is 15.9. The summed E-state index contributed by atoms with van der Waals surface area (Å²) in [7, 11) is 3.26. The highest BCUT2D eigenvalue weighted by Crippen LogP contribution is 2.25. The van der Waals surface area contributed by atoms with E-state index in [1.54, 1.807) is 50.6 Å². The molecule has 0 aliphatic heterocycles. The van der Waals surface area contributed by atoms with Crippen molar-refractivity contribution in [1.29, 1.82) is 0 Å². The first-order valence-corrected chi connectivity index (χ1v) is 8.88. The highest BCUT2D eigenvalue weighted by Gasteiger charge is 2.09. The third-order valence-corrected chi connectivity index (χ3v) is 4.13. The number of methoxy groups -OCH3 is 2. The van der Waals surface area contributed by atoms with Gasteiger partial charge in [0.25, 0.3) is 0 Å². The lowest BCUT2D eigenvalue weighted by Gasteiger charge is -2.08. The Bertz CT molecular complexity index is 884. The lowest BCUT2D eigenvalue weighted by molar-refractivity contribution is 0.0734. The maximum atomic E-state index is 12.3. The van der Waals surface area contributed by atoms with Crippen molar-refractivity contribution >= 4 is 5.97 Å². The molecule has 0 bridgehead atoms. The van der Waals surface area contributed by atoms with Crippen LogP contribution in [0.1, 0.15) is 10.4 Å². The van der Waals surface area contributed by atoms with Crippen LogP contribution in [-0.4, -0.2) is 33.4 Å². The number of esters is 1. The van der Waals surface area contributed by atoms with Gasteiger partial charge in [-0.3, -0.25) is 0 Å². The van der Waals surface area contributed by atoms with E-state index in [1.165, 1.54) is 0 Å². The first-order chi connectivity index (χ1) is 13.7. The van der Waals surface area contributed by atoms with Crippen molar-refractivity contribution in [2.24, 2.45) is 0 Å². The first kappa shape index (κ1) is 19.5. The summed E-state index contributed by atoms with van der Waals surface area (Å²) in [5.74, 6) is 1.56. The molecular weight excluding hydrogens is 356 g/mol. The molecule has 0 heterocycles. The smallest absolute Gasteiger partial charge is 0.343 e. The van der Waals surface area contributed by atoms with Crippen LogP contribution in [0.25, 0.3) is 11.1 Å². The second-order valence-corrected chi connectivity index (χ2v) is 6.01. The molecule has 144 valence electrons. The number of carbonyl (C=O) groups excluding carboxylic acids is 1. The minimum absolute atomic E-state index is 0.416. The Labute approximate surface area is 164 Å². The number of benzene rings is 3. The van der Waals surface area contributed by atoms with E-state index in [0.717, 1.165) is 16.9 Å². The number of ether oxygens (including phenoxy) is 4. The van der Waals surface area contributed by atoms with Crippen LogP contribution in [0.15, 0.2) is 72.8 Å². The monoisotopic (exact) mass is 378 g/mol. The fourth-order valence-corrected chi connectivity index (χ4v) is 2.59. The first-order valence-electron chi connectivity index (χ1n) is 8.88. The van der Waals surface area contributed by atoms with Crippen LogP contribution in [0, 0.1) is 0 Å². The molecule has 0 radical (unpaired) electrons. The van der Waals surface area contributed by atoms with Crippen molar-refractivity contribution in [3.05, 3.63) is 78.4 Å². The van der Waals surface area contributed by atoms with Crippen LogP contribution in [0.2, 0.25) is 0 Å². The molecule has 28 heavy (non-hydrogen) atoms. The van der Waals surface area contributed by atoms with Gasteiger partial charge in [0.05, 0.1) is 19.3 Å². The zero-order chi connectivity index (χ0) is 19.8. The minimum Gasteiger partial charge on any atom is -0.497 e. The molecule has 0 amide bonds. The molecule has 3 aromatic carbocycles. The molecule has 5 heteroatoms. The Balaban J connectivity index is 1.60. The van der Waals surface area contributed by atoms with Crippen molar-refractivity contribution < 1.29 is 23.7 Å². The van der Waals surface area contributed by atoms with Gasteiger partial charge >= 0.3 is 5.97 Å². The fourth-order valence-electron chi connectivity index (χ4n) is 2.59. The molecule has 0 aliphatic rings. The van der Waals surface area contributed by atoms with E-state index in [2.05, 4.69) is 0 Å². The van der Waals surface area contributed by atoms with E-state index >= 15 is 0 Å². The average molecular weight is 378 g/mol. The molecule has 3 rings (SSSR count). The van der Waals surface area contributed by atoms with Gasteiger partial charge in [-0.05, 0) is 59.7 Å². The van der Waals surface area contributed by atoms with Gasteiger partial charge in [0, 0.05) is 7.11 Å². The second-order valence-electron chi connectivity index (χ2n) is 6.01. The lowest BCUT2D eigenvalue weighted by Crippen LogP contribution is -2.09. The molecule has 0 unspecified atom stereocenters. The van der Waals surface area contributed by atoms with Crippen LogP contribution < -0.4 is 14.2 Å². The molecule has 0 saturated heterocycles. The van der Waals surface area contributed by atoms with Crippen LogP contribution in [0.3, 0.4) is 0 Å². The molecule has 0 atom stereocenters. The molecule has 5 nitrogen and oxygen atoms in total. The van der Waals surface area contributed by atoms with E-state index in [4.69, 9.17) is 18.9 Å². The molecule has 0 saturated carbocycles. The summed E-state index contributed by atoms with van der Waals surface area (Å²) in [5, 5.41) is 0. The summed E-state index contributed by atoms with van der Waals surface area (Å²) in [6.07, 6.45) is 0. The standard InChI is InChI=1S/C23H22O5/c1-25-15-16-27-21-11-7-19(8-12-21)23(24)28-22-13-5-18(6-14-22)17-3-9-20(26-2)10-4-17/h3-14H,15-16H2,1-2H3. The van der Waals surface area contributed by atoms with Gasteiger partial charge < -0.3 is 18.9 Å². The predicted molar refractivity (Wildman–Crippen MR) is 107 cm³/mol. The molecule has 0 spiro atoms. The molecule has 0 aromatic heterocycles. The highest BCUT2D eigenvalue weighted by molar-refractivity contribution is 5.91. The maximum Gasteiger partial charge on any atom is 0.343 e. The average Bonchev–Trinajstić information content (AvgIpc) is 2.75. The van der Waals surface area contributed by atoms with Crippen molar-refractivity contribution in [1.82, 2.24) is 0 Å². The molecular formula is C23H22O5. The minimum atomic E-state index is -0.416. The third kappa shape index (κ3) is 5.11. The van der Waals surface area contributed by atoms with E-state index in [9.17, 15) is 4.79 Å². The van der Waals surface area contributed by atoms with Gasteiger partial charge in [0.2, 0.25) is 0 Å². The fraction of sp³-hybridized carbons (Fsp3) is 0.174. The van der Waals surface area contributed by atoms with Gasteiger partial charge in [-0.2, -0.15) is 0 Å². The van der Waals surface area contributed by atoms with Crippen molar-refractivity contribution in [3.63, 3.8) is 0 Å². The Morgan fingerprint density at radius 3 is 1.75 bits per heavy atom. The summed E-state index contributed by atoms with van der Waals surface area (Å²) < 4.78 is 21.0. The topological polar surface area (TPSA) is 54.0 Å². The maximum absolute atomic E-state index is 12.3. The van der Waals surface area contributed by atoms with Gasteiger partial charge in [-0.25, -0.2) is 4.79 Å². The predicted octanol–water partition coefficient (Wildman–Crippen LogP) is 4.61. The normalized spacial score (nSPS) is 10.4. The highest BCUT2D eigenvalue weighted by atomic mass is 16.5. The molecule has 0 aliphatic carbocycles. The zero-order valence-electron chi connectivity index (χ0n) is 15.9. The van der Waals surface area contributed by atoms with Crippen LogP contribution in [0.4, 0.5) is 0 Å². The summed E-state index contributed by atoms with van der Waals surface area (Å²) in [4.78, 5) is 12.3. The van der Waals surface area contributed by atoms with Gasteiger partial charge in [0.1, 0.15) is 23.9 Å². The van der Waals surface area contributed by atoms with Crippen LogP contribution in [-0.2, 0) is 4.74 Å². The Kier molecular flexibility index (Phi) is 6.65. The summed E-state index contributed by atoms with van der Waals surface area (Å²) in [6.45, 7) is 0.969. The van der Waals surface area contributed by atoms with E-state index in [1.807, 2.05) is 36.4 Å². The van der Waals surface area contributed by atoms with Crippen molar-refractivity contribution in [3.8, 4) is 28.4 Å². The Hall–Kier alpha value is -3.31. The van der Waals surface area contributed by atoms with Gasteiger partial charge in [-0.15, -0.1) is 0 Å². The van der Waals surface area contributed by atoms with Gasteiger partial charge in [0.15, 0.2) is 0 Å². The van der Waals surface area contributed by atoms with E-state index < -0.39 is 5.97 Å². The molecule has 0 N–H and O–H groups in total. The van der Waals surface area contributed by atoms with Crippen LogP contribution in [0.5, 0.6) is 17.2 Å². The lowest BCUT2D eigenvalue weighted by atomic mass is 10.1. The number of hydrogen-bond donors (Lipinski definition) is 0. The van der Waals surface area contributed by atoms with Crippen LogP contribution >= 0.6 is 0 Å². The van der Waals surface area contributed by atoms with Crippen molar-refractivity contribution in [2.45, 2.75) is 0 Å². The summed E-state index contributed by atoms with van der Waals surface area (Å²) in [6, 6.07) is 22.0. The summed E-state index contributed by atoms with van der Waals surface area (Å²) >= 11 is 0. The Morgan fingerprint density at radius 1 is 0.679 bits per heavy atom. The molecule has 3 aromatic rings. The second kappa shape index (κ2) is 9.58. The van der Waals surface area contributed by atoms with E-state index in [-0.39, 0.29) is 0 Å². The van der Waals surface area contributed by atoms with Crippen molar-refractivity contribution in [2.75, 3.05) is 27.4 Å². The summed E-state index contributed by atoms with van der Waals surface area (Å²) in [5.41, 5.74) is 2.54. The quantitative estimate of drug-likeness (QED) is 0.326. The third-order valence-electron chi connectivity index (χ3n) is 4.13. The molecule has 0 fully saturated rings. The van der Waals surface area contributed by atoms with Gasteiger partial charge in [-0.1, -0.05) is 24.3 Å². The Morgan fingerprint density at radius 2 is 1.21 bits per heavy atom. The number of hydrogen-bond acceptors (Lipinski definition) is 5. The van der Waals surface area contributed by atoms with E-state index in [0.29, 0.717) is 30.3 Å². The number of rotatable bonds is 8. The largest absolute Gasteiger partial charge is 0.497 e. The SMILES string of the molecule is COCCOc1ccc(C(=O)Oc2ccc(-c3ccc(OC)cc3)cc2)cc1.